The lowest BCUT2D eigenvalue weighted by atomic mass is 10.2. The largest absolute Gasteiger partial charge is 0.454 e. The van der Waals surface area contributed by atoms with Crippen LogP contribution in [0.2, 0.25) is 5.02 Å². The van der Waals surface area contributed by atoms with Crippen LogP contribution in [0.15, 0.2) is 53.9 Å². The normalized spacial score (nSPS) is 12.6. The maximum Gasteiger partial charge on any atom is 0.231 e. The standard InChI is InChI=1S/C16H12ClN3O2S/c17-13-6-11(7-14-15(13)22-10-21-14)8-23-16-18-9-20(19-16)12-4-2-1-3-5-12/h1-7,9H,8,10H2. The maximum absolute atomic E-state index is 6.19. The predicted octanol–water partition coefficient (Wildman–Crippen LogP) is 3.94. The number of para-hydroxylation sites is 1. The minimum atomic E-state index is 0.217. The Morgan fingerprint density at radius 1 is 1.17 bits per heavy atom. The van der Waals surface area contributed by atoms with Crippen molar-refractivity contribution in [3.63, 3.8) is 0 Å². The second-order valence-corrected chi connectivity index (χ2v) is 6.26. The van der Waals surface area contributed by atoms with Crippen LogP contribution in [0, 0.1) is 0 Å². The minimum Gasteiger partial charge on any atom is -0.454 e. The molecule has 2 aromatic carbocycles. The van der Waals surface area contributed by atoms with Crippen molar-refractivity contribution in [2.45, 2.75) is 10.9 Å². The average molecular weight is 346 g/mol. The van der Waals surface area contributed by atoms with E-state index in [4.69, 9.17) is 21.1 Å². The molecule has 3 aromatic rings. The molecule has 23 heavy (non-hydrogen) atoms. The van der Waals surface area contributed by atoms with E-state index < -0.39 is 0 Å². The molecule has 1 aliphatic rings. The van der Waals surface area contributed by atoms with Crippen LogP contribution in [-0.2, 0) is 5.75 Å². The van der Waals surface area contributed by atoms with Crippen molar-refractivity contribution in [1.82, 2.24) is 14.8 Å². The number of nitrogens with zero attached hydrogens (tertiary/aromatic N) is 3. The van der Waals surface area contributed by atoms with Crippen molar-refractivity contribution in [1.29, 1.82) is 0 Å². The van der Waals surface area contributed by atoms with E-state index in [2.05, 4.69) is 10.1 Å². The molecule has 0 aliphatic carbocycles. The molecule has 0 saturated heterocycles. The fraction of sp³-hybridized carbons (Fsp3) is 0.125. The van der Waals surface area contributed by atoms with Gasteiger partial charge >= 0.3 is 0 Å². The number of hydrogen-bond donors (Lipinski definition) is 0. The van der Waals surface area contributed by atoms with Gasteiger partial charge in [-0.25, -0.2) is 9.67 Å². The van der Waals surface area contributed by atoms with Gasteiger partial charge in [-0.1, -0.05) is 41.6 Å². The van der Waals surface area contributed by atoms with Crippen molar-refractivity contribution >= 4 is 23.4 Å². The van der Waals surface area contributed by atoms with Crippen LogP contribution in [0.5, 0.6) is 11.5 Å². The van der Waals surface area contributed by atoms with E-state index in [0.717, 1.165) is 11.3 Å². The van der Waals surface area contributed by atoms with Crippen LogP contribution in [-0.4, -0.2) is 21.6 Å². The van der Waals surface area contributed by atoms with Gasteiger partial charge in [0.2, 0.25) is 11.9 Å². The molecule has 1 aromatic heterocycles. The topological polar surface area (TPSA) is 49.2 Å². The maximum atomic E-state index is 6.19. The van der Waals surface area contributed by atoms with E-state index in [1.165, 1.54) is 0 Å². The molecule has 5 nitrogen and oxygen atoms in total. The Balaban J connectivity index is 1.48. The minimum absolute atomic E-state index is 0.217. The van der Waals surface area contributed by atoms with Gasteiger partial charge in [0, 0.05) is 5.75 Å². The highest BCUT2D eigenvalue weighted by atomic mass is 35.5. The molecule has 0 radical (unpaired) electrons. The predicted molar refractivity (Wildman–Crippen MR) is 88.5 cm³/mol. The zero-order valence-corrected chi connectivity index (χ0v) is 13.5. The van der Waals surface area contributed by atoms with Crippen molar-refractivity contribution in [3.05, 3.63) is 59.4 Å². The Hall–Kier alpha value is -2.18. The second-order valence-electron chi connectivity index (χ2n) is 4.91. The molecule has 0 spiro atoms. The fourth-order valence-corrected chi connectivity index (χ4v) is 3.29. The van der Waals surface area contributed by atoms with Crippen LogP contribution < -0.4 is 9.47 Å². The van der Waals surface area contributed by atoms with Crippen LogP contribution >= 0.6 is 23.4 Å². The summed E-state index contributed by atoms with van der Waals surface area (Å²) in [6.45, 7) is 0.217. The Kier molecular flexibility index (Phi) is 3.85. The molecule has 4 rings (SSSR count). The number of halogens is 1. The number of rotatable bonds is 4. The molecule has 0 N–H and O–H groups in total. The van der Waals surface area contributed by atoms with Crippen molar-refractivity contribution < 1.29 is 9.47 Å². The Morgan fingerprint density at radius 2 is 2.04 bits per heavy atom. The first-order valence-electron chi connectivity index (χ1n) is 6.97. The first-order valence-corrected chi connectivity index (χ1v) is 8.34. The molecular formula is C16H12ClN3O2S. The van der Waals surface area contributed by atoms with Crippen molar-refractivity contribution in [2.24, 2.45) is 0 Å². The Bertz CT molecular complexity index is 839. The molecule has 0 fully saturated rings. The quantitative estimate of drug-likeness (QED) is 0.670. The third-order valence-electron chi connectivity index (χ3n) is 3.35. The summed E-state index contributed by atoms with van der Waals surface area (Å²) in [4.78, 5) is 4.33. The molecule has 0 atom stereocenters. The first kappa shape index (κ1) is 14.4. The highest BCUT2D eigenvalue weighted by molar-refractivity contribution is 7.98. The van der Waals surface area contributed by atoms with Gasteiger partial charge in [-0.3, -0.25) is 0 Å². The summed E-state index contributed by atoms with van der Waals surface area (Å²) in [6, 6.07) is 13.7. The molecule has 0 unspecified atom stereocenters. The van der Waals surface area contributed by atoms with E-state index in [9.17, 15) is 0 Å². The van der Waals surface area contributed by atoms with E-state index in [0.29, 0.717) is 27.4 Å². The van der Waals surface area contributed by atoms with Crippen LogP contribution in [0.4, 0.5) is 0 Å². The molecule has 116 valence electrons. The lowest BCUT2D eigenvalue weighted by Gasteiger charge is -2.03. The van der Waals surface area contributed by atoms with E-state index in [1.54, 1.807) is 22.8 Å². The van der Waals surface area contributed by atoms with E-state index >= 15 is 0 Å². The summed E-state index contributed by atoms with van der Waals surface area (Å²) in [5.41, 5.74) is 2.03. The average Bonchev–Trinajstić information content (AvgIpc) is 3.23. The first-order chi connectivity index (χ1) is 11.3. The van der Waals surface area contributed by atoms with Gasteiger partial charge in [-0.15, -0.1) is 5.10 Å². The Labute approximate surface area is 142 Å². The zero-order valence-electron chi connectivity index (χ0n) is 12.0. The lowest BCUT2D eigenvalue weighted by Crippen LogP contribution is -1.93. The number of ether oxygens (including phenoxy) is 2. The molecule has 0 saturated carbocycles. The van der Waals surface area contributed by atoms with Crippen molar-refractivity contribution in [3.8, 4) is 17.2 Å². The SMILES string of the molecule is Clc1cc(CSc2ncn(-c3ccccc3)n2)cc2c1OCO2. The highest BCUT2D eigenvalue weighted by Crippen LogP contribution is 2.40. The van der Waals surface area contributed by atoms with Gasteiger partial charge in [-0.2, -0.15) is 0 Å². The summed E-state index contributed by atoms with van der Waals surface area (Å²) >= 11 is 7.74. The number of hydrogen-bond acceptors (Lipinski definition) is 5. The highest BCUT2D eigenvalue weighted by Gasteiger charge is 2.18. The molecule has 1 aliphatic heterocycles. The summed E-state index contributed by atoms with van der Waals surface area (Å²) in [6.07, 6.45) is 1.71. The zero-order chi connectivity index (χ0) is 15.6. The summed E-state index contributed by atoms with van der Waals surface area (Å²) in [7, 11) is 0. The monoisotopic (exact) mass is 345 g/mol. The molecule has 0 amide bonds. The summed E-state index contributed by atoms with van der Waals surface area (Å²) < 4.78 is 12.5. The molecule has 7 heteroatoms. The molecule has 2 heterocycles. The van der Waals surface area contributed by atoms with Crippen LogP contribution in [0.1, 0.15) is 5.56 Å². The van der Waals surface area contributed by atoms with Gasteiger partial charge in [0.05, 0.1) is 10.7 Å². The molecular weight excluding hydrogens is 334 g/mol. The molecule has 0 bridgehead atoms. The summed E-state index contributed by atoms with van der Waals surface area (Å²) in [5, 5.41) is 5.75. The van der Waals surface area contributed by atoms with Crippen LogP contribution in [0.3, 0.4) is 0 Å². The van der Waals surface area contributed by atoms with Gasteiger partial charge < -0.3 is 9.47 Å². The van der Waals surface area contributed by atoms with E-state index in [-0.39, 0.29) is 6.79 Å². The fourth-order valence-electron chi connectivity index (χ4n) is 2.27. The third-order valence-corrected chi connectivity index (χ3v) is 4.55. The second kappa shape index (κ2) is 6.14. The summed E-state index contributed by atoms with van der Waals surface area (Å²) in [5.74, 6) is 2.01. The number of benzene rings is 2. The third kappa shape index (κ3) is 3.00. The van der Waals surface area contributed by atoms with E-state index in [1.807, 2.05) is 42.5 Å². The van der Waals surface area contributed by atoms with Crippen LogP contribution in [0.25, 0.3) is 5.69 Å². The van der Waals surface area contributed by atoms with Gasteiger partial charge in [-0.05, 0) is 29.8 Å². The van der Waals surface area contributed by atoms with Gasteiger partial charge in [0.1, 0.15) is 6.33 Å². The lowest BCUT2D eigenvalue weighted by molar-refractivity contribution is 0.174. The van der Waals surface area contributed by atoms with Crippen molar-refractivity contribution in [2.75, 3.05) is 6.79 Å². The smallest absolute Gasteiger partial charge is 0.231 e. The number of thioether (sulfide) groups is 1. The number of aromatic nitrogens is 3. The number of fused-ring (bicyclic) bond motifs is 1. The van der Waals surface area contributed by atoms with Gasteiger partial charge in [0.25, 0.3) is 0 Å². The van der Waals surface area contributed by atoms with Gasteiger partial charge in [0.15, 0.2) is 11.5 Å². The Morgan fingerprint density at radius 3 is 2.91 bits per heavy atom.